The van der Waals surface area contributed by atoms with Crippen molar-refractivity contribution >= 4 is 39.9 Å². The van der Waals surface area contributed by atoms with Gasteiger partial charge in [-0.15, -0.1) is 0 Å². The van der Waals surface area contributed by atoms with E-state index in [1.165, 1.54) is 0 Å². The first-order valence-electron chi connectivity index (χ1n) is 9.77. The summed E-state index contributed by atoms with van der Waals surface area (Å²) in [5.74, 6) is 0.595. The van der Waals surface area contributed by atoms with E-state index in [0.717, 1.165) is 11.1 Å². The lowest BCUT2D eigenvalue weighted by Crippen LogP contribution is -2.23. The summed E-state index contributed by atoms with van der Waals surface area (Å²) < 4.78 is 1.58. The Kier molecular flexibility index (Phi) is 5.48. The maximum atomic E-state index is 13.0. The van der Waals surface area contributed by atoms with Crippen LogP contribution in [0.25, 0.3) is 16.6 Å². The van der Waals surface area contributed by atoms with Gasteiger partial charge in [-0.2, -0.15) is 0 Å². The maximum Gasteiger partial charge on any atom is 0.323 e. The Bertz CT molecular complexity index is 1380. The minimum Gasteiger partial charge on any atom is -0.307 e. The SMILES string of the molecule is Cc1cc(-n2c(C)nc3ccccc3c2=O)ccc1NC(=O)Nc1cc(Cl)ccc1C. The van der Waals surface area contributed by atoms with Crippen LogP contribution in [0.3, 0.4) is 0 Å². The van der Waals surface area contributed by atoms with E-state index in [1.54, 1.807) is 41.8 Å². The molecule has 6 nitrogen and oxygen atoms in total. The molecule has 0 bridgehead atoms. The van der Waals surface area contributed by atoms with Gasteiger partial charge < -0.3 is 10.6 Å². The number of aryl methyl sites for hydroxylation is 3. The highest BCUT2D eigenvalue weighted by Gasteiger charge is 2.12. The van der Waals surface area contributed by atoms with Crippen molar-refractivity contribution < 1.29 is 4.79 Å². The number of nitrogens with zero attached hydrogens (tertiary/aromatic N) is 2. The van der Waals surface area contributed by atoms with Gasteiger partial charge in [-0.25, -0.2) is 9.78 Å². The van der Waals surface area contributed by atoms with E-state index in [2.05, 4.69) is 15.6 Å². The van der Waals surface area contributed by atoms with Gasteiger partial charge in [-0.05, 0) is 74.4 Å². The van der Waals surface area contributed by atoms with Gasteiger partial charge in [-0.1, -0.05) is 29.8 Å². The standard InChI is InChI=1S/C24H21ClN4O2/c1-14-8-9-17(25)13-22(14)28-24(31)27-20-11-10-18(12-15(20)2)29-16(3)26-21-7-5-4-6-19(21)23(29)30/h4-13H,1-3H3,(H2,27,28,31). The van der Waals surface area contributed by atoms with Gasteiger partial charge in [0, 0.05) is 16.4 Å². The van der Waals surface area contributed by atoms with Gasteiger partial charge >= 0.3 is 6.03 Å². The summed E-state index contributed by atoms with van der Waals surface area (Å²) in [6, 6.07) is 17.6. The molecular formula is C24H21ClN4O2. The molecule has 0 saturated carbocycles. The predicted octanol–water partition coefficient (Wildman–Crippen LogP) is 5.61. The molecule has 0 spiro atoms. The molecule has 31 heavy (non-hydrogen) atoms. The number of carbonyl (C=O) groups is 1. The molecule has 4 aromatic rings. The number of para-hydroxylation sites is 1. The monoisotopic (exact) mass is 432 g/mol. The van der Waals surface area contributed by atoms with Crippen LogP contribution in [0, 0.1) is 20.8 Å². The highest BCUT2D eigenvalue weighted by Crippen LogP contribution is 2.22. The lowest BCUT2D eigenvalue weighted by atomic mass is 10.1. The van der Waals surface area contributed by atoms with Crippen LogP contribution in [0.1, 0.15) is 17.0 Å². The Morgan fingerprint density at radius 3 is 2.42 bits per heavy atom. The number of nitrogens with one attached hydrogen (secondary N) is 2. The lowest BCUT2D eigenvalue weighted by Gasteiger charge is -2.15. The molecule has 2 amide bonds. The second kappa shape index (κ2) is 8.24. The van der Waals surface area contributed by atoms with E-state index < -0.39 is 0 Å². The van der Waals surface area contributed by atoms with Crippen molar-refractivity contribution in [3.63, 3.8) is 0 Å². The largest absolute Gasteiger partial charge is 0.323 e. The van der Waals surface area contributed by atoms with Gasteiger partial charge in [0.2, 0.25) is 0 Å². The van der Waals surface area contributed by atoms with Gasteiger partial charge in [0.25, 0.3) is 5.56 Å². The van der Waals surface area contributed by atoms with Crippen LogP contribution in [-0.2, 0) is 0 Å². The topological polar surface area (TPSA) is 76.0 Å². The van der Waals surface area contributed by atoms with E-state index in [-0.39, 0.29) is 11.6 Å². The number of fused-ring (bicyclic) bond motifs is 1. The van der Waals surface area contributed by atoms with Crippen molar-refractivity contribution in [1.29, 1.82) is 0 Å². The highest BCUT2D eigenvalue weighted by atomic mass is 35.5. The highest BCUT2D eigenvalue weighted by molar-refractivity contribution is 6.31. The van der Waals surface area contributed by atoms with Crippen molar-refractivity contribution in [2.75, 3.05) is 10.6 Å². The number of anilines is 2. The number of hydrogen-bond donors (Lipinski definition) is 2. The third kappa shape index (κ3) is 4.15. The van der Waals surface area contributed by atoms with Crippen LogP contribution < -0.4 is 16.2 Å². The molecule has 0 fully saturated rings. The fourth-order valence-electron chi connectivity index (χ4n) is 3.48. The molecule has 7 heteroatoms. The third-order valence-corrected chi connectivity index (χ3v) is 5.34. The van der Waals surface area contributed by atoms with Crippen LogP contribution in [0.15, 0.2) is 65.5 Å². The Morgan fingerprint density at radius 2 is 1.65 bits per heavy atom. The quantitative estimate of drug-likeness (QED) is 0.442. The molecular weight excluding hydrogens is 412 g/mol. The fraction of sp³-hybridized carbons (Fsp3) is 0.125. The van der Waals surface area contributed by atoms with Gasteiger partial charge in [0.05, 0.1) is 16.6 Å². The number of carbonyl (C=O) groups excluding carboxylic acids is 1. The summed E-state index contributed by atoms with van der Waals surface area (Å²) in [5, 5.41) is 6.77. The lowest BCUT2D eigenvalue weighted by molar-refractivity contribution is 0.262. The molecule has 0 aliphatic carbocycles. The number of halogens is 1. The summed E-state index contributed by atoms with van der Waals surface area (Å²) in [5.41, 5.74) is 4.24. The van der Waals surface area contributed by atoms with E-state index in [1.807, 2.05) is 44.2 Å². The van der Waals surface area contributed by atoms with Crippen molar-refractivity contribution in [3.8, 4) is 5.69 Å². The van der Waals surface area contributed by atoms with Crippen molar-refractivity contribution in [2.45, 2.75) is 20.8 Å². The first-order chi connectivity index (χ1) is 14.8. The molecule has 3 aromatic carbocycles. The minimum absolute atomic E-state index is 0.127. The van der Waals surface area contributed by atoms with Crippen molar-refractivity contribution in [2.24, 2.45) is 0 Å². The number of benzene rings is 3. The van der Waals surface area contributed by atoms with Gasteiger partial charge in [0.15, 0.2) is 0 Å². The predicted molar refractivity (Wildman–Crippen MR) is 126 cm³/mol. The zero-order chi connectivity index (χ0) is 22.1. The Labute approximate surface area is 184 Å². The molecule has 4 rings (SSSR count). The number of amides is 2. The summed E-state index contributed by atoms with van der Waals surface area (Å²) in [4.78, 5) is 30.0. The van der Waals surface area contributed by atoms with E-state index in [9.17, 15) is 9.59 Å². The smallest absolute Gasteiger partial charge is 0.307 e. The normalized spacial score (nSPS) is 10.8. The molecule has 156 valence electrons. The van der Waals surface area contributed by atoms with Gasteiger partial charge in [0.1, 0.15) is 5.82 Å². The summed E-state index contributed by atoms with van der Waals surface area (Å²) in [6.07, 6.45) is 0. The summed E-state index contributed by atoms with van der Waals surface area (Å²) >= 11 is 6.02. The van der Waals surface area contributed by atoms with Gasteiger partial charge in [-0.3, -0.25) is 9.36 Å². The molecule has 0 saturated heterocycles. The molecule has 0 aliphatic rings. The molecule has 1 aromatic heterocycles. The molecule has 0 atom stereocenters. The molecule has 2 N–H and O–H groups in total. The summed E-state index contributed by atoms with van der Waals surface area (Å²) in [7, 11) is 0. The number of urea groups is 1. The fourth-order valence-corrected chi connectivity index (χ4v) is 3.65. The second-order valence-electron chi connectivity index (χ2n) is 7.35. The first kappa shape index (κ1) is 20.6. The summed E-state index contributed by atoms with van der Waals surface area (Å²) in [6.45, 7) is 5.57. The minimum atomic E-state index is -0.373. The van der Waals surface area contributed by atoms with Crippen LogP contribution in [0.4, 0.5) is 16.2 Å². The average Bonchev–Trinajstić information content (AvgIpc) is 2.72. The van der Waals surface area contributed by atoms with Crippen molar-refractivity contribution in [3.05, 3.63) is 93.0 Å². The maximum absolute atomic E-state index is 13.0. The third-order valence-electron chi connectivity index (χ3n) is 5.11. The Hall–Kier alpha value is -3.64. The molecule has 0 unspecified atom stereocenters. The van der Waals surface area contributed by atoms with E-state index in [0.29, 0.717) is 38.8 Å². The van der Waals surface area contributed by atoms with Crippen LogP contribution in [-0.4, -0.2) is 15.6 Å². The number of hydrogen-bond acceptors (Lipinski definition) is 3. The van der Waals surface area contributed by atoms with Crippen LogP contribution >= 0.6 is 11.6 Å². The molecule has 0 radical (unpaired) electrons. The van der Waals surface area contributed by atoms with E-state index >= 15 is 0 Å². The average molecular weight is 433 g/mol. The van der Waals surface area contributed by atoms with Crippen LogP contribution in [0.2, 0.25) is 5.02 Å². The molecule has 1 heterocycles. The molecule has 0 aliphatic heterocycles. The zero-order valence-electron chi connectivity index (χ0n) is 17.4. The van der Waals surface area contributed by atoms with E-state index in [4.69, 9.17) is 11.6 Å². The van der Waals surface area contributed by atoms with Crippen LogP contribution in [0.5, 0.6) is 0 Å². The number of aromatic nitrogens is 2. The first-order valence-corrected chi connectivity index (χ1v) is 10.1. The second-order valence-corrected chi connectivity index (χ2v) is 7.79. The zero-order valence-corrected chi connectivity index (χ0v) is 18.1. The van der Waals surface area contributed by atoms with Crippen molar-refractivity contribution in [1.82, 2.24) is 9.55 Å². The Balaban J connectivity index is 1.62. The Morgan fingerprint density at radius 1 is 0.903 bits per heavy atom. The number of rotatable bonds is 3.